The third-order valence-electron chi connectivity index (χ3n) is 5.35. The number of carbonyl (C=O) groups excluding carboxylic acids is 3. The molecule has 0 aromatic heterocycles. The maximum Gasteiger partial charge on any atom is 0.321 e. The van der Waals surface area contributed by atoms with Gasteiger partial charge in [-0.3, -0.25) is 14.4 Å². The lowest BCUT2D eigenvalue weighted by molar-refractivity contribution is -0.178. The van der Waals surface area contributed by atoms with E-state index in [1.165, 1.54) is 0 Å². The Balaban J connectivity index is 1.78. The Hall–Kier alpha value is -3.15. The second kappa shape index (κ2) is 11.1. The molecule has 0 bridgehead atoms. The molecule has 2 atom stereocenters. The molecule has 6 heteroatoms. The summed E-state index contributed by atoms with van der Waals surface area (Å²) in [4.78, 5) is 39.4. The summed E-state index contributed by atoms with van der Waals surface area (Å²) in [6.45, 7) is 5.25. The van der Waals surface area contributed by atoms with E-state index in [0.717, 1.165) is 24.0 Å². The molecule has 0 saturated heterocycles. The van der Waals surface area contributed by atoms with Crippen molar-refractivity contribution in [2.75, 3.05) is 0 Å². The lowest BCUT2D eigenvalue weighted by Crippen LogP contribution is -2.41. The number of hydrogen-bond donors (Lipinski definition) is 0. The maximum absolute atomic E-state index is 13.1. The fraction of sp³-hybridized carbons (Fsp3) is 0.444. The molecule has 0 amide bonds. The van der Waals surface area contributed by atoms with Crippen LogP contribution in [0.2, 0.25) is 0 Å². The highest BCUT2D eigenvalue weighted by atomic mass is 16.6. The third kappa shape index (κ3) is 8.04. The van der Waals surface area contributed by atoms with Crippen LogP contribution in [-0.4, -0.2) is 23.5 Å². The molecule has 1 aliphatic rings. The molecular formula is C27H32O6. The fourth-order valence-electron chi connectivity index (χ4n) is 3.53. The van der Waals surface area contributed by atoms with E-state index in [2.05, 4.69) is 0 Å². The van der Waals surface area contributed by atoms with Gasteiger partial charge in [0.1, 0.15) is 18.8 Å². The first kappa shape index (κ1) is 24.5. The first-order chi connectivity index (χ1) is 15.7. The van der Waals surface area contributed by atoms with Crippen LogP contribution in [0.4, 0.5) is 0 Å². The standard InChI is InChI=1S/C27H32O6/c1-27(2,3)33-26(30)23(25(29)32-18-21-12-8-5-9-13-21)22(16-19-14-15-19)24(28)31-17-20-10-6-4-7-11-20/h4-13,19,22-23H,14-18H2,1-3H3/t22-,23-/m1/s1. The molecule has 0 N–H and O–H groups in total. The van der Waals surface area contributed by atoms with Crippen molar-refractivity contribution >= 4 is 17.9 Å². The predicted molar refractivity (Wildman–Crippen MR) is 123 cm³/mol. The normalized spacial score (nSPS) is 15.2. The van der Waals surface area contributed by atoms with Crippen LogP contribution in [0.3, 0.4) is 0 Å². The minimum atomic E-state index is -1.38. The summed E-state index contributed by atoms with van der Waals surface area (Å²) in [5.74, 6) is -4.17. The lowest BCUT2D eigenvalue weighted by Gasteiger charge is -2.27. The fourth-order valence-corrected chi connectivity index (χ4v) is 3.53. The summed E-state index contributed by atoms with van der Waals surface area (Å²) >= 11 is 0. The van der Waals surface area contributed by atoms with E-state index in [0.29, 0.717) is 6.42 Å². The van der Waals surface area contributed by atoms with Gasteiger partial charge in [-0.15, -0.1) is 0 Å². The van der Waals surface area contributed by atoms with E-state index in [1.54, 1.807) is 20.8 Å². The van der Waals surface area contributed by atoms with Crippen LogP contribution < -0.4 is 0 Å². The Kier molecular flexibility index (Phi) is 8.26. The van der Waals surface area contributed by atoms with E-state index >= 15 is 0 Å². The minimum absolute atomic E-state index is 0.00812. The van der Waals surface area contributed by atoms with E-state index in [-0.39, 0.29) is 19.1 Å². The zero-order chi connectivity index (χ0) is 23.8. The maximum atomic E-state index is 13.1. The molecule has 0 heterocycles. The molecule has 0 aliphatic heterocycles. The molecule has 0 radical (unpaired) electrons. The Labute approximate surface area is 195 Å². The first-order valence-corrected chi connectivity index (χ1v) is 11.4. The highest BCUT2D eigenvalue weighted by Gasteiger charge is 2.46. The Morgan fingerprint density at radius 3 is 1.73 bits per heavy atom. The zero-order valence-corrected chi connectivity index (χ0v) is 19.5. The van der Waals surface area contributed by atoms with Gasteiger partial charge < -0.3 is 14.2 Å². The molecule has 1 aliphatic carbocycles. The number of ether oxygens (including phenoxy) is 3. The lowest BCUT2D eigenvalue weighted by atomic mass is 9.87. The summed E-state index contributed by atoms with van der Waals surface area (Å²) in [5.41, 5.74) is 0.809. The van der Waals surface area contributed by atoms with Crippen LogP contribution in [0, 0.1) is 17.8 Å². The van der Waals surface area contributed by atoms with E-state index in [1.807, 2.05) is 60.7 Å². The van der Waals surface area contributed by atoms with Crippen molar-refractivity contribution in [2.24, 2.45) is 17.8 Å². The summed E-state index contributed by atoms with van der Waals surface area (Å²) in [7, 11) is 0. The molecular weight excluding hydrogens is 420 g/mol. The number of carbonyl (C=O) groups is 3. The van der Waals surface area contributed by atoms with Crippen molar-refractivity contribution in [3.8, 4) is 0 Å². The monoisotopic (exact) mass is 452 g/mol. The molecule has 3 rings (SSSR count). The van der Waals surface area contributed by atoms with Gasteiger partial charge in [0.05, 0.1) is 5.92 Å². The van der Waals surface area contributed by atoms with Gasteiger partial charge in [-0.05, 0) is 44.2 Å². The quantitative estimate of drug-likeness (QED) is 0.291. The molecule has 0 unspecified atom stereocenters. The molecule has 33 heavy (non-hydrogen) atoms. The third-order valence-corrected chi connectivity index (χ3v) is 5.35. The minimum Gasteiger partial charge on any atom is -0.461 e. The van der Waals surface area contributed by atoms with Crippen molar-refractivity contribution in [1.29, 1.82) is 0 Å². The van der Waals surface area contributed by atoms with E-state index in [4.69, 9.17) is 14.2 Å². The van der Waals surface area contributed by atoms with Gasteiger partial charge >= 0.3 is 17.9 Å². The van der Waals surface area contributed by atoms with Crippen molar-refractivity contribution in [2.45, 2.75) is 58.8 Å². The number of esters is 3. The van der Waals surface area contributed by atoms with Crippen LogP contribution >= 0.6 is 0 Å². The second-order valence-corrected chi connectivity index (χ2v) is 9.48. The Bertz CT molecular complexity index is 928. The van der Waals surface area contributed by atoms with Crippen molar-refractivity contribution in [3.05, 3.63) is 71.8 Å². The van der Waals surface area contributed by atoms with Gasteiger partial charge in [-0.1, -0.05) is 73.5 Å². The highest BCUT2D eigenvalue weighted by molar-refractivity contribution is 5.99. The Morgan fingerprint density at radius 2 is 1.27 bits per heavy atom. The van der Waals surface area contributed by atoms with Crippen molar-refractivity contribution in [1.82, 2.24) is 0 Å². The van der Waals surface area contributed by atoms with Gasteiger partial charge in [0, 0.05) is 0 Å². The molecule has 1 fully saturated rings. The Morgan fingerprint density at radius 1 is 0.788 bits per heavy atom. The smallest absolute Gasteiger partial charge is 0.321 e. The van der Waals surface area contributed by atoms with Gasteiger partial charge in [-0.2, -0.15) is 0 Å². The van der Waals surface area contributed by atoms with E-state index < -0.39 is 35.3 Å². The average molecular weight is 453 g/mol. The van der Waals surface area contributed by atoms with Crippen molar-refractivity contribution in [3.63, 3.8) is 0 Å². The number of benzene rings is 2. The first-order valence-electron chi connectivity index (χ1n) is 11.4. The summed E-state index contributed by atoms with van der Waals surface area (Å²) in [6, 6.07) is 18.5. The molecule has 2 aromatic carbocycles. The summed E-state index contributed by atoms with van der Waals surface area (Å²) in [5, 5.41) is 0. The SMILES string of the molecule is CC(C)(C)OC(=O)[C@@H](C(=O)OCc1ccccc1)[C@@H](CC1CC1)C(=O)OCc1ccccc1. The topological polar surface area (TPSA) is 78.9 Å². The van der Waals surface area contributed by atoms with E-state index in [9.17, 15) is 14.4 Å². The predicted octanol–water partition coefficient (Wildman–Crippen LogP) is 4.85. The molecule has 2 aromatic rings. The van der Waals surface area contributed by atoms with Crippen molar-refractivity contribution < 1.29 is 28.6 Å². The van der Waals surface area contributed by atoms with Crippen LogP contribution in [0.5, 0.6) is 0 Å². The molecule has 0 spiro atoms. The molecule has 6 nitrogen and oxygen atoms in total. The zero-order valence-electron chi connectivity index (χ0n) is 19.5. The van der Waals surface area contributed by atoms with Crippen LogP contribution in [0.1, 0.15) is 51.2 Å². The summed E-state index contributed by atoms with van der Waals surface area (Å²) in [6.07, 6.45) is 2.31. The number of rotatable bonds is 10. The largest absolute Gasteiger partial charge is 0.461 e. The van der Waals surface area contributed by atoms with Crippen LogP contribution in [0.25, 0.3) is 0 Å². The van der Waals surface area contributed by atoms with Gasteiger partial charge in [0.2, 0.25) is 0 Å². The second-order valence-electron chi connectivity index (χ2n) is 9.48. The van der Waals surface area contributed by atoms with Crippen LogP contribution in [-0.2, 0) is 41.8 Å². The number of hydrogen-bond acceptors (Lipinski definition) is 6. The van der Waals surface area contributed by atoms with Crippen LogP contribution in [0.15, 0.2) is 60.7 Å². The van der Waals surface area contributed by atoms with Gasteiger partial charge in [0.25, 0.3) is 0 Å². The molecule has 1 saturated carbocycles. The van der Waals surface area contributed by atoms with Gasteiger partial charge in [0.15, 0.2) is 5.92 Å². The highest BCUT2D eigenvalue weighted by Crippen LogP contribution is 2.39. The van der Waals surface area contributed by atoms with Gasteiger partial charge in [-0.25, -0.2) is 0 Å². The summed E-state index contributed by atoms with van der Waals surface area (Å²) < 4.78 is 16.5. The average Bonchev–Trinajstić information content (AvgIpc) is 3.60. The molecule has 176 valence electrons.